The number of anilines is 1. The van der Waals surface area contributed by atoms with Crippen molar-refractivity contribution in [2.45, 2.75) is 44.7 Å². The third-order valence-corrected chi connectivity index (χ3v) is 5.69. The summed E-state index contributed by atoms with van der Waals surface area (Å²) in [5.74, 6) is -2.09. The van der Waals surface area contributed by atoms with Gasteiger partial charge in [0.2, 0.25) is 17.7 Å². The molecule has 1 atom stereocenters. The molecule has 2 N–H and O–H groups in total. The number of amides is 5. The van der Waals surface area contributed by atoms with E-state index in [0.29, 0.717) is 24.3 Å². The van der Waals surface area contributed by atoms with Gasteiger partial charge in [-0.05, 0) is 31.4 Å². The summed E-state index contributed by atoms with van der Waals surface area (Å²) in [6, 6.07) is 4.25. The van der Waals surface area contributed by atoms with E-state index in [1.54, 1.807) is 18.2 Å². The first kappa shape index (κ1) is 19.1. The van der Waals surface area contributed by atoms with Crippen molar-refractivity contribution < 1.29 is 24.0 Å². The van der Waals surface area contributed by atoms with Gasteiger partial charge in [-0.3, -0.25) is 34.2 Å². The number of imide groups is 2. The average molecular weight is 398 g/mol. The highest BCUT2D eigenvalue weighted by molar-refractivity contribution is 6.25. The van der Waals surface area contributed by atoms with Gasteiger partial charge in [0.15, 0.2) is 0 Å². The molecule has 3 aliphatic rings. The van der Waals surface area contributed by atoms with Crippen LogP contribution in [0.2, 0.25) is 0 Å². The largest absolute Gasteiger partial charge is 0.371 e. The van der Waals surface area contributed by atoms with Gasteiger partial charge in [-0.2, -0.15) is 0 Å². The zero-order chi connectivity index (χ0) is 20.7. The number of carbonyl (C=O) groups is 5. The number of piperidine rings is 2. The first-order valence-corrected chi connectivity index (χ1v) is 9.73. The molecule has 1 aromatic rings. The van der Waals surface area contributed by atoms with Crippen LogP contribution in [0.1, 0.15) is 53.3 Å². The van der Waals surface area contributed by atoms with Crippen molar-refractivity contribution in [2.24, 2.45) is 0 Å². The molecule has 3 aliphatic heterocycles. The van der Waals surface area contributed by atoms with E-state index in [-0.39, 0.29) is 30.4 Å². The van der Waals surface area contributed by atoms with Crippen LogP contribution >= 0.6 is 0 Å². The quantitative estimate of drug-likeness (QED) is 0.703. The molecule has 5 amide bonds. The van der Waals surface area contributed by atoms with E-state index in [1.807, 2.05) is 4.90 Å². The van der Waals surface area contributed by atoms with Crippen LogP contribution in [0.3, 0.4) is 0 Å². The van der Waals surface area contributed by atoms with Crippen LogP contribution in [0.4, 0.5) is 5.69 Å². The predicted molar refractivity (Wildman–Crippen MR) is 102 cm³/mol. The maximum absolute atomic E-state index is 13.2. The number of carbonyl (C=O) groups excluding carboxylic acids is 5. The lowest BCUT2D eigenvalue weighted by molar-refractivity contribution is -0.136. The van der Waals surface area contributed by atoms with E-state index >= 15 is 0 Å². The number of hydrogen-bond acceptors (Lipinski definition) is 6. The topological polar surface area (TPSA) is 116 Å². The van der Waals surface area contributed by atoms with Gasteiger partial charge >= 0.3 is 0 Å². The Morgan fingerprint density at radius 1 is 1.07 bits per heavy atom. The molecule has 9 heteroatoms. The minimum atomic E-state index is -0.974. The van der Waals surface area contributed by atoms with Crippen LogP contribution in [-0.4, -0.2) is 59.6 Å². The van der Waals surface area contributed by atoms with Crippen LogP contribution in [0.5, 0.6) is 0 Å². The number of fused-ring (bicyclic) bond motifs is 1. The molecule has 0 bridgehead atoms. The lowest BCUT2D eigenvalue weighted by Gasteiger charge is -2.34. The zero-order valence-electron chi connectivity index (χ0n) is 16.1. The number of rotatable bonds is 3. The fourth-order valence-electron chi connectivity index (χ4n) is 4.31. The molecule has 0 aromatic heterocycles. The third-order valence-electron chi connectivity index (χ3n) is 5.69. The highest BCUT2D eigenvalue weighted by Gasteiger charge is 2.46. The van der Waals surface area contributed by atoms with Gasteiger partial charge in [-0.1, -0.05) is 6.07 Å². The van der Waals surface area contributed by atoms with E-state index in [0.717, 1.165) is 17.7 Å². The van der Waals surface area contributed by atoms with E-state index in [9.17, 15) is 24.0 Å². The SMILES string of the molecule is CC(=O)NC1CCN(c2cccc3c2C(=O)N(C2CCC(=O)NC2=O)C3=O)CC1. The molecular weight excluding hydrogens is 376 g/mol. The van der Waals surface area contributed by atoms with Gasteiger partial charge < -0.3 is 10.2 Å². The Labute approximate surface area is 167 Å². The van der Waals surface area contributed by atoms with Gasteiger partial charge in [-0.15, -0.1) is 0 Å². The Kier molecular flexibility index (Phi) is 4.81. The molecule has 0 spiro atoms. The summed E-state index contributed by atoms with van der Waals surface area (Å²) < 4.78 is 0. The minimum Gasteiger partial charge on any atom is -0.371 e. The Balaban J connectivity index is 1.58. The van der Waals surface area contributed by atoms with E-state index in [4.69, 9.17) is 0 Å². The summed E-state index contributed by atoms with van der Waals surface area (Å²) in [4.78, 5) is 64.0. The molecule has 29 heavy (non-hydrogen) atoms. The second kappa shape index (κ2) is 7.31. The first-order valence-electron chi connectivity index (χ1n) is 9.73. The minimum absolute atomic E-state index is 0.0651. The van der Waals surface area contributed by atoms with Crippen LogP contribution in [-0.2, 0) is 14.4 Å². The van der Waals surface area contributed by atoms with Crippen LogP contribution in [0, 0.1) is 0 Å². The maximum Gasteiger partial charge on any atom is 0.264 e. The molecule has 3 heterocycles. The number of hydrogen-bond donors (Lipinski definition) is 2. The predicted octanol–water partition coefficient (Wildman–Crippen LogP) is 0.193. The van der Waals surface area contributed by atoms with Crippen molar-refractivity contribution in [3.05, 3.63) is 29.3 Å². The first-order chi connectivity index (χ1) is 13.9. The lowest BCUT2D eigenvalue weighted by atomic mass is 10.0. The third kappa shape index (κ3) is 3.37. The lowest BCUT2D eigenvalue weighted by Crippen LogP contribution is -2.54. The fraction of sp³-hybridized carbons (Fsp3) is 0.450. The molecule has 1 unspecified atom stereocenters. The normalized spacial score (nSPS) is 22.6. The Hall–Kier alpha value is -3.23. The highest BCUT2D eigenvalue weighted by atomic mass is 16.2. The number of benzene rings is 1. The zero-order valence-corrected chi connectivity index (χ0v) is 16.1. The summed E-state index contributed by atoms with van der Waals surface area (Å²) in [6.07, 6.45) is 1.70. The smallest absolute Gasteiger partial charge is 0.264 e. The molecule has 9 nitrogen and oxygen atoms in total. The van der Waals surface area contributed by atoms with Gasteiger partial charge in [-0.25, -0.2) is 0 Å². The van der Waals surface area contributed by atoms with E-state index < -0.39 is 29.7 Å². The maximum atomic E-state index is 13.2. The fourth-order valence-corrected chi connectivity index (χ4v) is 4.31. The highest BCUT2D eigenvalue weighted by Crippen LogP contribution is 2.35. The Morgan fingerprint density at radius 2 is 1.79 bits per heavy atom. The molecule has 0 saturated carbocycles. The molecule has 1 aromatic carbocycles. The molecule has 2 fully saturated rings. The van der Waals surface area contributed by atoms with Crippen molar-refractivity contribution in [2.75, 3.05) is 18.0 Å². The monoisotopic (exact) mass is 398 g/mol. The molecule has 4 rings (SSSR count). The van der Waals surface area contributed by atoms with Gasteiger partial charge in [0.25, 0.3) is 11.8 Å². The van der Waals surface area contributed by atoms with Crippen LogP contribution < -0.4 is 15.5 Å². The second-order valence-corrected chi connectivity index (χ2v) is 7.61. The number of nitrogens with zero attached hydrogens (tertiary/aromatic N) is 2. The molecule has 0 radical (unpaired) electrons. The van der Waals surface area contributed by atoms with Gasteiger partial charge in [0.1, 0.15) is 6.04 Å². The summed E-state index contributed by atoms with van der Waals surface area (Å²) in [6.45, 7) is 2.77. The Bertz CT molecular complexity index is 919. The molecule has 2 saturated heterocycles. The summed E-state index contributed by atoms with van der Waals surface area (Å²) in [7, 11) is 0. The van der Waals surface area contributed by atoms with Gasteiger partial charge in [0, 0.05) is 32.5 Å². The van der Waals surface area contributed by atoms with Crippen molar-refractivity contribution >= 4 is 35.2 Å². The van der Waals surface area contributed by atoms with Crippen molar-refractivity contribution in [1.82, 2.24) is 15.5 Å². The van der Waals surface area contributed by atoms with E-state index in [1.165, 1.54) is 6.92 Å². The molecule has 152 valence electrons. The summed E-state index contributed by atoms with van der Waals surface area (Å²) in [5, 5.41) is 5.12. The number of nitrogens with one attached hydrogen (secondary N) is 2. The standard InChI is InChI=1S/C20H22N4O5/c1-11(25)21-12-7-9-23(10-8-12)14-4-2-3-13-17(14)20(29)24(19(13)28)15-5-6-16(26)22-18(15)27/h2-4,12,15H,5-10H2,1H3,(H,21,25)(H,22,26,27). The van der Waals surface area contributed by atoms with E-state index in [2.05, 4.69) is 10.6 Å². The Morgan fingerprint density at radius 3 is 2.45 bits per heavy atom. The van der Waals surface area contributed by atoms with Gasteiger partial charge in [0.05, 0.1) is 16.8 Å². The van der Waals surface area contributed by atoms with Crippen molar-refractivity contribution in [3.63, 3.8) is 0 Å². The van der Waals surface area contributed by atoms with Crippen LogP contribution in [0.25, 0.3) is 0 Å². The summed E-state index contributed by atoms with van der Waals surface area (Å²) >= 11 is 0. The van der Waals surface area contributed by atoms with Crippen molar-refractivity contribution in [1.29, 1.82) is 0 Å². The summed E-state index contributed by atoms with van der Waals surface area (Å²) in [5.41, 5.74) is 1.25. The molecule has 0 aliphatic carbocycles. The van der Waals surface area contributed by atoms with Crippen LogP contribution in [0.15, 0.2) is 18.2 Å². The average Bonchev–Trinajstić information content (AvgIpc) is 2.93. The van der Waals surface area contributed by atoms with Crippen molar-refractivity contribution in [3.8, 4) is 0 Å². The molecular formula is C20H22N4O5. The second-order valence-electron chi connectivity index (χ2n) is 7.61.